The van der Waals surface area contributed by atoms with Crippen LogP contribution in [0.3, 0.4) is 0 Å². The lowest BCUT2D eigenvalue weighted by Crippen LogP contribution is -2.68. The number of hydrogen-bond donors (Lipinski definition) is 0. The number of carbonyl (C=O) groups excluding carboxylic acids is 1. The van der Waals surface area contributed by atoms with Gasteiger partial charge in [0.15, 0.2) is 0 Å². The van der Waals surface area contributed by atoms with E-state index in [1.165, 1.54) is 0 Å². The van der Waals surface area contributed by atoms with E-state index in [-0.39, 0.29) is 17.6 Å². The predicted octanol–water partition coefficient (Wildman–Crippen LogP) is 1.35. The Morgan fingerprint density at radius 3 is 2.81 bits per heavy atom. The first kappa shape index (κ1) is 17.7. The lowest BCUT2D eigenvalue weighted by Gasteiger charge is -2.53. The first-order valence-electron chi connectivity index (χ1n) is 9.75. The van der Waals surface area contributed by atoms with E-state index in [9.17, 15) is 4.79 Å². The van der Waals surface area contributed by atoms with E-state index in [4.69, 9.17) is 9.47 Å². The number of piperidine rings is 1. The van der Waals surface area contributed by atoms with E-state index in [2.05, 4.69) is 21.8 Å². The topological polar surface area (TPSA) is 67.8 Å². The Kier molecular flexibility index (Phi) is 5.09. The minimum Gasteiger partial charge on any atom is -0.473 e. The van der Waals surface area contributed by atoms with Crippen molar-refractivity contribution in [2.75, 3.05) is 39.3 Å². The molecule has 1 spiro atoms. The molecule has 1 atom stereocenters. The zero-order valence-corrected chi connectivity index (χ0v) is 15.5. The molecule has 1 aromatic rings. The van der Waals surface area contributed by atoms with E-state index in [0.29, 0.717) is 31.5 Å². The first-order chi connectivity index (χ1) is 12.7. The molecule has 0 aliphatic carbocycles. The van der Waals surface area contributed by atoms with Crippen molar-refractivity contribution in [2.45, 2.75) is 44.3 Å². The van der Waals surface area contributed by atoms with Crippen molar-refractivity contribution in [3.05, 3.63) is 18.6 Å². The van der Waals surface area contributed by atoms with Gasteiger partial charge < -0.3 is 19.3 Å². The van der Waals surface area contributed by atoms with Crippen LogP contribution in [0.15, 0.2) is 18.6 Å². The average Bonchev–Trinajstić information content (AvgIpc) is 2.66. The second-order valence-electron chi connectivity index (χ2n) is 7.71. The number of aromatic nitrogens is 2. The molecule has 4 rings (SSSR count). The minimum absolute atomic E-state index is 0.0745. The van der Waals surface area contributed by atoms with Gasteiger partial charge in [-0.1, -0.05) is 6.92 Å². The highest BCUT2D eigenvalue weighted by Gasteiger charge is 2.50. The minimum atomic E-state index is -0.231. The van der Waals surface area contributed by atoms with Crippen LogP contribution in [0.25, 0.3) is 0 Å². The molecule has 3 aliphatic heterocycles. The molecule has 3 saturated heterocycles. The molecule has 3 fully saturated rings. The van der Waals surface area contributed by atoms with Crippen molar-refractivity contribution in [2.24, 2.45) is 5.92 Å². The van der Waals surface area contributed by atoms with Gasteiger partial charge in [0.25, 0.3) is 0 Å². The Bertz CT molecular complexity index is 612. The highest BCUT2D eigenvalue weighted by Crippen LogP contribution is 2.37. The van der Waals surface area contributed by atoms with E-state index >= 15 is 0 Å². The predicted molar refractivity (Wildman–Crippen MR) is 95.8 cm³/mol. The summed E-state index contributed by atoms with van der Waals surface area (Å²) >= 11 is 0. The van der Waals surface area contributed by atoms with Gasteiger partial charge in [-0.2, -0.15) is 0 Å². The summed E-state index contributed by atoms with van der Waals surface area (Å²) in [7, 11) is 0. The zero-order valence-electron chi connectivity index (χ0n) is 15.5. The summed E-state index contributed by atoms with van der Waals surface area (Å²) in [6, 6.07) is 0. The van der Waals surface area contributed by atoms with Crippen molar-refractivity contribution in [3.8, 4) is 5.88 Å². The van der Waals surface area contributed by atoms with Gasteiger partial charge in [-0.3, -0.25) is 9.78 Å². The molecule has 0 radical (unpaired) electrons. The van der Waals surface area contributed by atoms with Crippen LogP contribution in [0.4, 0.5) is 0 Å². The van der Waals surface area contributed by atoms with Crippen molar-refractivity contribution in [1.29, 1.82) is 0 Å². The van der Waals surface area contributed by atoms with E-state index in [1.807, 2.05) is 4.90 Å². The molecular weight excluding hydrogens is 332 g/mol. The fraction of sp³-hybridized carbons (Fsp3) is 0.737. The second kappa shape index (κ2) is 7.48. The summed E-state index contributed by atoms with van der Waals surface area (Å²) in [5.41, 5.74) is -0.231. The second-order valence-corrected chi connectivity index (χ2v) is 7.71. The number of rotatable bonds is 4. The van der Waals surface area contributed by atoms with Gasteiger partial charge in [0.05, 0.1) is 25.9 Å². The Hall–Kier alpha value is -1.73. The van der Waals surface area contributed by atoms with Crippen LogP contribution in [0.1, 0.15) is 32.6 Å². The van der Waals surface area contributed by atoms with Crippen molar-refractivity contribution < 1.29 is 14.3 Å². The molecule has 0 saturated carbocycles. The molecule has 0 bridgehead atoms. The summed E-state index contributed by atoms with van der Waals surface area (Å²) < 4.78 is 12.0. The quantitative estimate of drug-likeness (QED) is 0.807. The third-order valence-corrected chi connectivity index (χ3v) is 5.93. The van der Waals surface area contributed by atoms with Gasteiger partial charge in [-0.05, 0) is 32.5 Å². The Balaban J connectivity index is 1.28. The number of ether oxygens (including phenoxy) is 2. The fourth-order valence-corrected chi connectivity index (χ4v) is 4.38. The molecular formula is C19H28N4O3. The Morgan fingerprint density at radius 1 is 1.31 bits per heavy atom. The normalized spacial score (nSPS) is 26.5. The van der Waals surface area contributed by atoms with Gasteiger partial charge in [-0.15, -0.1) is 0 Å². The van der Waals surface area contributed by atoms with Gasteiger partial charge in [0.2, 0.25) is 11.8 Å². The number of nitrogens with zero attached hydrogens (tertiary/aromatic N) is 4. The monoisotopic (exact) mass is 360 g/mol. The molecule has 7 heteroatoms. The standard InChI is InChI=1S/C19H28N4O3/c1-2-22-8-3-15(4-9-22)18(24)23-13-19(14-23)11-16(5-10-25-19)26-17-12-20-6-7-21-17/h6-7,12,15-16H,2-5,8-11,13-14H2,1H3. The van der Waals surface area contributed by atoms with Crippen molar-refractivity contribution in [1.82, 2.24) is 19.8 Å². The number of hydrogen-bond acceptors (Lipinski definition) is 6. The number of carbonyl (C=O) groups is 1. The van der Waals surface area contributed by atoms with E-state index in [1.54, 1.807) is 18.6 Å². The first-order valence-corrected chi connectivity index (χ1v) is 9.75. The molecule has 142 valence electrons. The molecule has 7 nitrogen and oxygen atoms in total. The SMILES string of the molecule is CCN1CCC(C(=O)N2CC3(CC(Oc4cnccn4)CCO3)C2)CC1. The molecule has 1 unspecified atom stereocenters. The van der Waals surface area contributed by atoms with Crippen LogP contribution in [-0.4, -0.2) is 76.7 Å². The molecule has 1 amide bonds. The third kappa shape index (κ3) is 3.69. The molecule has 26 heavy (non-hydrogen) atoms. The highest BCUT2D eigenvalue weighted by molar-refractivity contribution is 5.80. The van der Waals surface area contributed by atoms with Crippen molar-refractivity contribution in [3.63, 3.8) is 0 Å². The van der Waals surface area contributed by atoms with Crippen LogP contribution in [-0.2, 0) is 9.53 Å². The maximum atomic E-state index is 12.8. The molecule has 0 aromatic carbocycles. The lowest BCUT2D eigenvalue weighted by atomic mass is 9.83. The summed E-state index contributed by atoms with van der Waals surface area (Å²) in [4.78, 5) is 25.4. The molecule has 3 aliphatic rings. The van der Waals surface area contributed by atoms with Gasteiger partial charge in [0, 0.05) is 31.2 Å². The zero-order chi connectivity index (χ0) is 18.0. The summed E-state index contributed by atoms with van der Waals surface area (Å²) in [6.07, 6.45) is 8.61. The summed E-state index contributed by atoms with van der Waals surface area (Å²) in [6.45, 7) is 7.39. The Morgan fingerprint density at radius 2 is 2.12 bits per heavy atom. The van der Waals surface area contributed by atoms with Gasteiger partial charge in [-0.25, -0.2) is 4.98 Å². The van der Waals surface area contributed by atoms with Crippen LogP contribution in [0, 0.1) is 5.92 Å². The van der Waals surface area contributed by atoms with Crippen LogP contribution in [0.2, 0.25) is 0 Å². The maximum absolute atomic E-state index is 12.8. The van der Waals surface area contributed by atoms with Gasteiger partial charge in [0.1, 0.15) is 11.7 Å². The number of amides is 1. The molecule has 1 aromatic heterocycles. The van der Waals surface area contributed by atoms with Gasteiger partial charge >= 0.3 is 0 Å². The van der Waals surface area contributed by atoms with Crippen molar-refractivity contribution >= 4 is 5.91 Å². The summed E-state index contributed by atoms with van der Waals surface area (Å²) in [5.74, 6) is 1.06. The number of likely N-dealkylation sites (tertiary alicyclic amines) is 2. The molecule has 0 N–H and O–H groups in total. The fourth-order valence-electron chi connectivity index (χ4n) is 4.38. The largest absolute Gasteiger partial charge is 0.473 e. The highest BCUT2D eigenvalue weighted by atomic mass is 16.5. The summed E-state index contributed by atoms with van der Waals surface area (Å²) in [5, 5.41) is 0. The van der Waals surface area contributed by atoms with E-state index < -0.39 is 0 Å². The van der Waals surface area contributed by atoms with Crippen LogP contribution >= 0.6 is 0 Å². The molecule has 4 heterocycles. The van der Waals surface area contributed by atoms with Crippen LogP contribution < -0.4 is 4.74 Å². The third-order valence-electron chi connectivity index (χ3n) is 5.93. The smallest absolute Gasteiger partial charge is 0.232 e. The van der Waals surface area contributed by atoms with Crippen LogP contribution in [0.5, 0.6) is 5.88 Å². The van der Waals surface area contributed by atoms with E-state index in [0.717, 1.165) is 45.3 Å². The maximum Gasteiger partial charge on any atom is 0.232 e. The Labute approximate surface area is 154 Å². The lowest BCUT2D eigenvalue weighted by molar-refractivity contribution is -0.196. The average molecular weight is 360 g/mol.